The summed E-state index contributed by atoms with van der Waals surface area (Å²) >= 11 is 6.13. The summed E-state index contributed by atoms with van der Waals surface area (Å²) in [6.07, 6.45) is 1.45. The van der Waals surface area contributed by atoms with Crippen molar-refractivity contribution in [2.45, 2.75) is 19.1 Å². The van der Waals surface area contributed by atoms with E-state index in [1.807, 2.05) is 53.2 Å². The van der Waals surface area contributed by atoms with E-state index in [1.54, 1.807) is 0 Å². The second-order valence-corrected chi connectivity index (χ2v) is 5.40. The molecule has 0 amide bonds. The number of fused-ring (bicyclic) bond motifs is 1. The first-order chi connectivity index (χ1) is 10.7. The van der Waals surface area contributed by atoms with Crippen LogP contribution in [0.4, 0.5) is 0 Å². The van der Waals surface area contributed by atoms with E-state index in [0.29, 0.717) is 17.5 Å². The molecule has 0 spiro atoms. The number of pyridine rings is 1. The molecule has 0 aliphatic carbocycles. The van der Waals surface area contributed by atoms with Crippen LogP contribution in [0.1, 0.15) is 17.2 Å². The van der Waals surface area contributed by atoms with Crippen LogP contribution in [0.15, 0.2) is 48.7 Å². The van der Waals surface area contributed by atoms with Gasteiger partial charge in [0, 0.05) is 17.3 Å². The van der Waals surface area contributed by atoms with Gasteiger partial charge in [-0.05, 0) is 17.7 Å². The van der Waals surface area contributed by atoms with Gasteiger partial charge in [-0.2, -0.15) is 5.26 Å². The Morgan fingerprint density at radius 1 is 1.23 bits per heavy atom. The molecule has 4 nitrogen and oxygen atoms in total. The lowest BCUT2D eigenvalue weighted by Gasteiger charge is -2.16. The fourth-order valence-corrected chi connectivity index (χ4v) is 2.78. The summed E-state index contributed by atoms with van der Waals surface area (Å²) < 4.78 is 1.86. The first kappa shape index (κ1) is 14.6. The highest BCUT2D eigenvalue weighted by Crippen LogP contribution is 2.32. The lowest BCUT2D eigenvalue weighted by molar-refractivity contribution is 0.156. The van der Waals surface area contributed by atoms with Gasteiger partial charge in [0.15, 0.2) is 0 Å². The molecular formula is C17H14ClN3O. The molecular weight excluding hydrogens is 298 g/mol. The van der Waals surface area contributed by atoms with Crippen molar-refractivity contribution in [2.75, 3.05) is 0 Å². The van der Waals surface area contributed by atoms with Gasteiger partial charge in [0.1, 0.15) is 11.0 Å². The highest BCUT2D eigenvalue weighted by Gasteiger charge is 2.20. The van der Waals surface area contributed by atoms with Crippen LogP contribution in [0.25, 0.3) is 11.4 Å². The molecule has 1 N–H and O–H groups in total. The molecule has 1 atom stereocenters. The highest BCUT2D eigenvalue weighted by molar-refractivity contribution is 6.31. The van der Waals surface area contributed by atoms with Crippen molar-refractivity contribution in [1.82, 2.24) is 9.55 Å². The Hall–Kier alpha value is -2.35. The normalized spacial score (nSPS) is 12.2. The Labute approximate surface area is 133 Å². The highest BCUT2D eigenvalue weighted by atomic mass is 35.5. The number of nitrogens with zero attached hydrogens (tertiary/aromatic N) is 3. The van der Waals surface area contributed by atoms with E-state index in [-0.39, 0.29) is 6.42 Å². The minimum absolute atomic E-state index is 0.223. The number of hydrogen-bond donors (Lipinski definition) is 1. The number of aliphatic hydroxyl groups excluding tert-OH is 1. The van der Waals surface area contributed by atoms with Gasteiger partial charge in [-0.3, -0.25) is 0 Å². The van der Waals surface area contributed by atoms with Gasteiger partial charge in [-0.25, -0.2) is 4.98 Å². The fraction of sp³-hybridized carbons (Fsp3) is 0.176. The van der Waals surface area contributed by atoms with Crippen LogP contribution < -0.4 is 0 Å². The van der Waals surface area contributed by atoms with Crippen molar-refractivity contribution in [2.24, 2.45) is 0 Å². The quantitative estimate of drug-likeness (QED) is 0.803. The number of aliphatic hydroxyl groups is 1. The van der Waals surface area contributed by atoms with E-state index < -0.39 is 6.10 Å². The summed E-state index contributed by atoms with van der Waals surface area (Å²) in [4.78, 5) is 4.34. The van der Waals surface area contributed by atoms with Crippen molar-refractivity contribution in [3.8, 4) is 17.5 Å². The number of rotatable bonds is 4. The molecule has 0 radical (unpaired) electrons. The molecule has 22 heavy (non-hydrogen) atoms. The predicted molar refractivity (Wildman–Crippen MR) is 84.6 cm³/mol. The maximum absolute atomic E-state index is 10.4. The largest absolute Gasteiger partial charge is 0.387 e. The lowest BCUT2D eigenvalue weighted by atomic mass is 10.1. The zero-order valence-electron chi connectivity index (χ0n) is 11.8. The standard InChI is InChI=1S/C17H14ClN3O/c18-16-13(8-9-19)14-7-4-10-21(17(14)20-16)11-15(22)12-5-2-1-3-6-12/h1-7,10,15,22H,8,11H2. The van der Waals surface area contributed by atoms with Crippen LogP contribution in [-0.2, 0) is 13.0 Å². The maximum atomic E-state index is 10.4. The molecule has 3 rings (SSSR count). The Morgan fingerprint density at radius 3 is 2.73 bits per heavy atom. The average Bonchev–Trinajstić information content (AvgIpc) is 2.86. The molecule has 1 aromatic carbocycles. The van der Waals surface area contributed by atoms with Gasteiger partial charge in [-0.15, -0.1) is 0 Å². The van der Waals surface area contributed by atoms with Gasteiger partial charge in [-0.1, -0.05) is 41.9 Å². The maximum Gasteiger partial charge on any atom is 0.142 e. The smallest absolute Gasteiger partial charge is 0.142 e. The first-order valence-electron chi connectivity index (χ1n) is 6.94. The summed E-state index contributed by atoms with van der Waals surface area (Å²) in [5.41, 5.74) is 2.44. The molecule has 2 aliphatic rings. The monoisotopic (exact) mass is 311 g/mol. The van der Waals surface area contributed by atoms with Gasteiger partial charge < -0.3 is 9.67 Å². The second kappa shape index (κ2) is 6.18. The summed E-state index contributed by atoms with van der Waals surface area (Å²) in [6, 6.07) is 15.4. The number of benzene rings is 1. The van der Waals surface area contributed by atoms with Crippen molar-refractivity contribution < 1.29 is 5.11 Å². The molecule has 5 heteroatoms. The molecule has 2 aliphatic heterocycles. The van der Waals surface area contributed by atoms with Crippen molar-refractivity contribution in [1.29, 1.82) is 5.26 Å². The molecule has 0 fully saturated rings. The molecule has 1 unspecified atom stereocenters. The van der Waals surface area contributed by atoms with Crippen molar-refractivity contribution in [3.63, 3.8) is 0 Å². The minimum Gasteiger partial charge on any atom is -0.387 e. The van der Waals surface area contributed by atoms with Gasteiger partial charge in [0.05, 0.1) is 25.1 Å². The SMILES string of the molecule is N#CCc1c2cccn(CC(O)c3ccccc3)c-2nc1Cl. The predicted octanol–water partition coefficient (Wildman–Crippen LogP) is 3.44. The van der Waals surface area contributed by atoms with Crippen LogP contribution in [0.2, 0.25) is 5.15 Å². The Balaban J connectivity index is 1.93. The van der Waals surface area contributed by atoms with E-state index in [2.05, 4.69) is 11.1 Å². The molecule has 2 heterocycles. The Kier molecular flexibility index (Phi) is 4.10. The van der Waals surface area contributed by atoms with E-state index in [9.17, 15) is 5.11 Å². The van der Waals surface area contributed by atoms with Crippen LogP contribution in [0.3, 0.4) is 0 Å². The Morgan fingerprint density at radius 2 is 2.00 bits per heavy atom. The van der Waals surface area contributed by atoms with Crippen LogP contribution in [-0.4, -0.2) is 14.7 Å². The van der Waals surface area contributed by atoms with E-state index >= 15 is 0 Å². The molecule has 0 bridgehead atoms. The lowest BCUT2D eigenvalue weighted by Crippen LogP contribution is -2.11. The Bertz CT molecular complexity index is 792. The van der Waals surface area contributed by atoms with Gasteiger partial charge in [0.2, 0.25) is 0 Å². The van der Waals surface area contributed by atoms with Crippen LogP contribution >= 0.6 is 11.6 Å². The summed E-state index contributed by atoms with van der Waals surface area (Å²) in [5, 5.41) is 19.6. The third kappa shape index (κ3) is 2.69. The van der Waals surface area contributed by atoms with E-state index in [1.165, 1.54) is 0 Å². The summed E-state index contributed by atoms with van der Waals surface area (Å²) in [5.74, 6) is 0.688. The summed E-state index contributed by atoms with van der Waals surface area (Å²) in [7, 11) is 0. The minimum atomic E-state index is -0.633. The van der Waals surface area contributed by atoms with E-state index in [0.717, 1.165) is 16.7 Å². The number of hydrogen-bond acceptors (Lipinski definition) is 3. The third-order valence-corrected chi connectivity index (χ3v) is 3.94. The summed E-state index contributed by atoms with van der Waals surface area (Å²) in [6.45, 7) is 0.376. The topological polar surface area (TPSA) is 61.8 Å². The first-order valence-corrected chi connectivity index (χ1v) is 7.31. The van der Waals surface area contributed by atoms with Crippen molar-refractivity contribution >= 4 is 11.6 Å². The van der Waals surface area contributed by atoms with Gasteiger partial charge >= 0.3 is 0 Å². The van der Waals surface area contributed by atoms with Crippen LogP contribution in [0.5, 0.6) is 0 Å². The third-order valence-electron chi connectivity index (χ3n) is 3.63. The zero-order valence-corrected chi connectivity index (χ0v) is 12.5. The average molecular weight is 312 g/mol. The molecule has 0 aromatic heterocycles. The van der Waals surface area contributed by atoms with E-state index in [4.69, 9.17) is 16.9 Å². The number of nitriles is 1. The number of aromatic nitrogens is 2. The second-order valence-electron chi connectivity index (χ2n) is 5.04. The molecule has 110 valence electrons. The van der Waals surface area contributed by atoms with Crippen LogP contribution in [0, 0.1) is 11.3 Å². The zero-order chi connectivity index (χ0) is 15.5. The van der Waals surface area contributed by atoms with Crippen molar-refractivity contribution in [3.05, 3.63) is 64.9 Å². The number of halogens is 1. The molecule has 0 saturated carbocycles. The molecule has 0 saturated heterocycles. The van der Waals surface area contributed by atoms with Gasteiger partial charge in [0.25, 0.3) is 0 Å². The molecule has 1 aromatic rings. The fourth-order valence-electron chi connectivity index (χ4n) is 2.54.